The number of rotatable bonds is 3. The molecule has 0 unspecified atom stereocenters. The monoisotopic (exact) mass is 194 g/mol. The minimum absolute atomic E-state index is 0.460. The molecule has 0 aliphatic rings. The number of nitrogen functional groups attached to an aromatic ring is 1. The molecule has 2 N–H and O–H groups in total. The van der Waals surface area contributed by atoms with E-state index in [1.54, 1.807) is 4.52 Å². The molecule has 0 saturated heterocycles. The summed E-state index contributed by atoms with van der Waals surface area (Å²) >= 11 is 0. The Morgan fingerprint density at radius 1 is 1.36 bits per heavy atom. The van der Waals surface area contributed by atoms with Crippen molar-refractivity contribution < 1.29 is 0 Å². The van der Waals surface area contributed by atoms with Gasteiger partial charge < -0.3 is 10.7 Å². The second kappa shape index (κ2) is 3.21. The summed E-state index contributed by atoms with van der Waals surface area (Å²) in [6.07, 6.45) is 3.78. The van der Waals surface area contributed by atoms with E-state index in [0.29, 0.717) is 5.82 Å². The summed E-state index contributed by atoms with van der Waals surface area (Å²) in [6, 6.07) is 0. The Morgan fingerprint density at radius 2 is 2.07 bits per heavy atom. The Balaban J connectivity index is 2.55. The maximum atomic E-state index is 5.73. The van der Waals surface area contributed by atoms with E-state index >= 15 is 0 Å². The number of nitrogens with zero attached hydrogens (tertiary/aromatic N) is 5. The van der Waals surface area contributed by atoms with Crippen LogP contribution in [0.25, 0.3) is 5.65 Å². The van der Waals surface area contributed by atoms with Gasteiger partial charge in [-0.25, -0.2) is 4.68 Å². The number of hydrogen-bond donors (Lipinski definition) is 1. The van der Waals surface area contributed by atoms with Crippen LogP contribution in [0.1, 0.15) is 13.8 Å². The van der Waals surface area contributed by atoms with Crippen LogP contribution < -0.4 is 10.7 Å². The fourth-order valence-electron chi connectivity index (χ4n) is 1.58. The number of anilines is 1. The standard InChI is InChI=1S/C8H14N6/c1-3-12(4-2)14-6-5-13-8(14)7(9)10-11-13/h5-6H,3-4,9H2,1-2H3. The second-order valence-corrected chi connectivity index (χ2v) is 3.02. The highest BCUT2D eigenvalue weighted by Gasteiger charge is 2.10. The van der Waals surface area contributed by atoms with Crippen molar-refractivity contribution in [3.8, 4) is 0 Å². The summed E-state index contributed by atoms with van der Waals surface area (Å²) in [5, 5.41) is 9.84. The summed E-state index contributed by atoms with van der Waals surface area (Å²) in [6.45, 7) is 6.04. The maximum Gasteiger partial charge on any atom is 0.199 e. The van der Waals surface area contributed by atoms with Gasteiger partial charge in [0.15, 0.2) is 11.5 Å². The Morgan fingerprint density at radius 3 is 2.71 bits per heavy atom. The molecular weight excluding hydrogens is 180 g/mol. The molecule has 0 radical (unpaired) electrons. The van der Waals surface area contributed by atoms with Crippen molar-refractivity contribution in [3.05, 3.63) is 12.4 Å². The van der Waals surface area contributed by atoms with E-state index in [1.807, 2.05) is 17.1 Å². The SMILES string of the molecule is CCN(CC)n1ccn2nnc(N)c12. The number of fused-ring (bicyclic) bond motifs is 1. The van der Waals surface area contributed by atoms with Crippen LogP contribution in [0, 0.1) is 0 Å². The lowest BCUT2D eigenvalue weighted by molar-refractivity contribution is 0.636. The molecule has 0 saturated carbocycles. The fraction of sp³-hybridized carbons (Fsp3) is 0.500. The molecule has 6 heteroatoms. The first kappa shape index (κ1) is 8.86. The molecule has 0 atom stereocenters. The summed E-state index contributed by atoms with van der Waals surface area (Å²) < 4.78 is 3.66. The molecule has 0 amide bonds. The third-order valence-corrected chi connectivity index (χ3v) is 2.30. The molecule has 0 aliphatic heterocycles. The predicted octanol–water partition coefficient (Wildman–Crippen LogP) is 0.0908. The quantitative estimate of drug-likeness (QED) is 0.752. The Kier molecular flexibility index (Phi) is 2.03. The van der Waals surface area contributed by atoms with E-state index < -0.39 is 0 Å². The van der Waals surface area contributed by atoms with Crippen molar-refractivity contribution in [2.45, 2.75) is 13.8 Å². The molecule has 76 valence electrons. The summed E-state index contributed by atoms with van der Waals surface area (Å²) in [5.41, 5.74) is 6.55. The van der Waals surface area contributed by atoms with Gasteiger partial charge in [-0.2, -0.15) is 4.52 Å². The molecule has 6 nitrogen and oxygen atoms in total. The predicted molar refractivity (Wildman–Crippen MR) is 54.7 cm³/mol. The molecule has 14 heavy (non-hydrogen) atoms. The van der Waals surface area contributed by atoms with Crippen LogP contribution in [0.15, 0.2) is 12.4 Å². The minimum atomic E-state index is 0.460. The van der Waals surface area contributed by atoms with Crippen molar-refractivity contribution in [2.75, 3.05) is 23.8 Å². The van der Waals surface area contributed by atoms with Gasteiger partial charge in [-0.15, -0.1) is 5.10 Å². The Bertz CT molecular complexity index is 424. The molecule has 2 aromatic rings. The molecule has 0 spiro atoms. The van der Waals surface area contributed by atoms with Gasteiger partial charge in [0.25, 0.3) is 0 Å². The average Bonchev–Trinajstić information content (AvgIpc) is 2.74. The molecule has 2 heterocycles. The van der Waals surface area contributed by atoms with Gasteiger partial charge in [0.05, 0.1) is 6.20 Å². The number of nitrogens with two attached hydrogens (primary N) is 1. The average molecular weight is 194 g/mol. The highest BCUT2D eigenvalue weighted by Crippen LogP contribution is 2.10. The molecule has 2 aromatic heterocycles. The summed E-state index contributed by atoms with van der Waals surface area (Å²) in [4.78, 5) is 0. The fourth-order valence-corrected chi connectivity index (χ4v) is 1.58. The van der Waals surface area contributed by atoms with E-state index in [0.717, 1.165) is 18.7 Å². The first-order valence-corrected chi connectivity index (χ1v) is 4.71. The first-order chi connectivity index (χ1) is 6.77. The minimum Gasteiger partial charge on any atom is -0.379 e. The van der Waals surface area contributed by atoms with Crippen LogP contribution in [0.2, 0.25) is 0 Å². The second-order valence-electron chi connectivity index (χ2n) is 3.02. The third-order valence-electron chi connectivity index (χ3n) is 2.30. The van der Waals surface area contributed by atoms with Gasteiger partial charge >= 0.3 is 0 Å². The molecule has 0 fully saturated rings. The lowest BCUT2D eigenvalue weighted by Gasteiger charge is -2.22. The zero-order chi connectivity index (χ0) is 10.1. The smallest absolute Gasteiger partial charge is 0.199 e. The third kappa shape index (κ3) is 1.11. The van der Waals surface area contributed by atoms with Gasteiger partial charge in [0.1, 0.15) is 0 Å². The lowest BCUT2D eigenvalue weighted by Crippen LogP contribution is -2.33. The van der Waals surface area contributed by atoms with Crippen LogP contribution in [-0.4, -0.2) is 32.6 Å². The molecule has 0 aliphatic carbocycles. The number of aromatic nitrogens is 4. The zero-order valence-electron chi connectivity index (χ0n) is 8.38. The van der Waals surface area contributed by atoms with Gasteiger partial charge in [0.2, 0.25) is 0 Å². The van der Waals surface area contributed by atoms with Crippen molar-refractivity contribution in [1.29, 1.82) is 0 Å². The van der Waals surface area contributed by atoms with E-state index in [-0.39, 0.29) is 0 Å². The molecule has 0 bridgehead atoms. The highest BCUT2D eigenvalue weighted by atomic mass is 15.6. The molecule has 2 rings (SSSR count). The van der Waals surface area contributed by atoms with Crippen LogP contribution >= 0.6 is 0 Å². The van der Waals surface area contributed by atoms with E-state index in [4.69, 9.17) is 5.73 Å². The van der Waals surface area contributed by atoms with Crippen molar-refractivity contribution in [1.82, 2.24) is 19.5 Å². The normalized spacial score (nSPS) is 11.0. The van der Waals surface area contributed by atoms with Gasteiger partial charge in [0, 0.05) is 19.3 Å². The van der Waals surface area contributed by atoms with Crippen molar-refractivity contribution in [3.63, 3.8) is 0 Å². The van der Waals surface area contributed by atoms with Crippen LogP contribution in [0.3, 0.4) is 0 Å². The Hall–Kier alpha value is -1.72. The Labute approximate surface area is 81.9 Å². The van der Waals surface area contributed by atoms with E-state index in [2.05, 4.69) is 29.2 Å². The maximum absolute atomic E-state index is 5.73. The highest BCUT2D eigenvalue weighted by molar-refractivity contribution is 5.60. The lowest BCUT2D eigenvalue weighted by atomic mass is 10.6. The van der Waals surface area contributed by atoms with Crippen LogP contribution in [-0.2, 0) is 0 Å². The van der Waals surface area contributed by atoms with Crippen LogP contribution in [0.4, 0.5) is 5.82 Å². The summed E-state index contributed by atoms with van der Waals surface area (Å²) in [7, 11) is 0. The summed E-state index contributed by atoms with van der Waals surface area (Å²) in [5.74, 6) is 0.460. The molecule has 0 aromatic carbocycles. The van der Waals surface area contributed by atoms with Crippen molar-refractivity contribution >= 4 is 11.5 Å². The first-order valence-electron chi connectivity index (χ1n) is 4.71. The topological polar surface area (TPSA) is 64.4 Å². The van der Waals surface area contributed by atoms with E-state index in [1.165, 1.54) is 0 Å². The van der Waals surface area contributed by atoms with Crippen molar-refractivity contribution in [2.24, 2.45) is 0 Å². The zero-order valence-corrected chi connectivity index (χ0v) is 8.38. The molecular formula is C8H14N6. The van der Waals surface area contributed by atoms with Crippen LogP contribution in [0.5, 0.6) is 0 Å². The van der Waals surface area contributed by atoms with Gasteiger partial charge in [-0.05, 0) is 13.8 Å². The van der Waals surface area contributed by atoms with E-state index in [9.17, 15) is 0 Å². The number of hydrogen-bond acceptors (Lipinski definition) is 4. The van der Waals surface area contributed by atoms with Gasteiger partial charge in [-0.1, -0.05) is 5.21 Å². The largest absolute Gasteiger partial charge is 0.379 e. The van der Waals surface area contributed by atoms with Gasteiger partial charge in [-0.3, -0.25) is 0 Å². The number of imidazole rings is 1.